The van der Waals surface area contributed by atoms with Gasteiger partial charge in [-0.2, -0.15) is 26.3 Å². The third kappa shape index (κ3) is 12.4. The minimum Gasteiger partial charge on any atom is -0.489 e. The molecule has 42 heavy (non-hydrogen) atoms. The smallest absolute Gasteiger partial charge is 0.422 e. The number of esters is 2. The Bertz CT molecular complexity index is 1210. The maximum Gasteiger partial charge on any atom is 0.422 e. The molecule has 2 aromatic carbocycles. The number of halogens is 7. The first-order chi connectivity index (χ1) is 19.6. The quantitative estimate of drug-likeness (QED) is 0.173. The Labute approximate surface area is 241 Å². The topological polar surface area (TPSA) is 99.2 Å². The fraction of sp³-hybridized carbons (Fsp3) is 0.407. The first kappa shape index (κ1) is 34.4. The normalized spacial score (nSPS) is 16.9. The Kier molecular flexibility index (Phi) is 12.6. The molecule has 2 unspecified atom stereocenters. The summed E-state index contributed by atoms with van der Waals surface area (Å²) >= 11 is 4.48. The van der Waals surface area contributed by atoms with Gasteiger partial charge in [0.05, 0.1) is 6.04 Å². The van der Waals surface area contributed by atoms with Crippen molar-refractivity contribution >= 4 is 34.7 Å². The average Bonchev–Trinajstić information content (AvgIpc) is 2.93. The first-order valence-electron chi connectivity index (χ1n) is 12.3. The van der Waals surface area contributed by atoms with Crippen molar-refractivity contribution in [1.82, 2.24) is 4.90 Å². The number of amides is 1. The number of likely N-dealkylation sites (tertiary alicyclic amines) is 1. The Balaban J connectivity index is 0.000000476. The standard InChI is InChI=1S/C23H24F3NO4.C4H2ClF3O3/c1-16-7-12-20(27(13-16)21(28)22(29)31-15-23(24,25)26)18-8-10-19(11-9-18)30-14-17-5-3-2-4-6-17;5-2(9)3(10)11-1-4(6,7)8/h2-6,8-11,16,20H,7,12-15H2,1H3;1H2. The van der Waals surface area contributed by atoms with Gasteiger partial charge in [0.2, 0.25) is 0 Å². The fourth-order valence-corrected chi connectivity index (χ4v) is 3.84. The summed E-state index contributed by atoms with van der Waals surface area (Å²) in [5, 5.41) is -1.57. The van der Waals surface area contributed by atoms with Crippen LogP contribution in [0.25, 0.3) is 0 Å². The third-order valence-corrected chi connectivity index (χ3v) is 5.81. The van der Waals surface area contributed by atoms with Crippen molar-refractivity contribution in [3.63, 3.8) is 0 Å². The molecule has 1 aliphatic rings. The van der Waals surface area contributed by atoms with E-state index in [1.165, 1.54) is 4.90 Å². The van der Waals surface area contributed by atoms with Gasteiger partial charge >= 0.3 is 35.4 Å². The SMILES string of the molecule is CC1CCC(c2ccc(OCc3ccccc3)cc2)N(C(=O)C(=O)OCC(F)(F)F)C1.O=C(Cl)C(=O)OCC(F)(F)F. The third-order valence-electron chi connectivity index (χ3n) is 5.66. The molecule has 1 fully saturated rings. The molecule has 0 aromatic heterocycles. The van der Waals surface area contributed by atoms with Crippen LogP contribution in [0, 0.1) is 5.92 Å². The summed E-state index contributed by atoms with van der Waals surface area (Å²) < 4.78 is 84.1. The van der Waals surface area contributed by atoms with Crippen molar-refractivity contribution < 1.29 is 59.7 Å². The van der Waals surface area contributed by atoms with Crippen molar-refractivity contribution in [2.24, 2.45) is 5.92 Å². The highest BCUT2D eigenvalue weighted by atomic mass is 35.5. The zero-order chi connectivity index (χ0) is 31.5. The van der Waals surface area contributed by atoms with Gasteiger partial charge in [0.1, 0.15) is 12.4 Å². The van der Waals surface area contributed by atoms with E-state index in [9.17, 15) is 45.5 Å². The van der Waals surface area contributed by atoms with Gasteiger partial charge in [-0.15, -0.1) is 0 Å². The molecular weight excluding hydrogens is 600 g/mol. The first-order valence-corrected chi connectivity index (χ1v) is 12.7. The van der Waals surface area contributed by atoms with E-state index in [0.717, 1.165) is 17.5 Å². The molecule has 2 aromatic rings. The predicted octanol–water partition coefficient (Wildman–Crippen LogP) is 5.53. The van der Waals surface area contributed by atoms with E-state index in [1.807, 2.05) is 49.4 Å². The summed E-state index contributed by atoms with van der Waals surface area (Å²) in [6.07, 6.45) is -7.88. The van der Waals surface area contributed by atoms with E-state index in [0.29, 0.717) is 18.8 Å². The fourth-order valence-electron chi connectivity index (χ4n) is 3.78. The molecule has 0 aliphatic carbocycles. The summed E-state index contributed by atoms with van der Waals surface area (Å²) in [6, 6.07) is 16.5. The number of alkyl halides is 6. The Morgan fingerprint density at radius 3 is 1.90 bits per heavy atom. The van der Waals surface area contributed by atoms with Crippen molar-refractivity contribution in [2.45, 2.75) is 44.8 Å². The maximum atomic E-state index is 12.5. The molecule has 3 rings (SSSR count). The van der Waals surface area contributed by atoms with E-state index in [-0.39, 0.29) is 12.5 Å². The van der Waals surface area contributed by atoms with Gasteiger partial charge in [0, 0.05) is 6.54 Å². The maximum absolute atomic E-state index is 12.5. The zero-order valence-corrected chi connectivity index (χ0v) is 22.8. The van der Waals surface area contributed by atoms with Gasteiger partial charge in [0.15, 0.2) is 13.2 Å². The molecule has 230 valence electrons. The van der Waals surface area contributed by atoms with Gasteiger partial charge in [-0.1, -0.05) is 49.4 Å². The monoisotopic (exact) mass is 625 g/mol. The van der Waals surface area contributed by atoms with Gasteiger partial charge in [-0.3, -0.25) is 9.59 Å². The lowest BCUT2D eigenvalue weighted by molar-refractivity contribution is -0.190. The van der Waals surface area contributed by atoms with Crippen molar-refractivity contribution in [3.05, 3.63) is 65.7 Å². The lowest BCUT2D eigenvalue weighted by Crippen LogP contribution is -2.45. The van der Waals surface area contributed by atoms with Crippen LogP contribution in [-0.4, -0.2) is 60.1 Å². The van der Waals surface area contributed by atoms with Gasteiger partial charge in [0.25, 0.3) is 0 Å². The summed E-state index contributed by atoms with van der Waals surface area (Å²) in [4.78, 5) is 45.5. The summed E-state index contributed by atoms with van der Waals surface area (Å²) in [6.45, 7) is -0.963. The molecule has 0 saturated carbocycles. The largest absolute Gasteiger partial charge is 0.489 e. The second-order valence-electron chi connectivity index (χ2n) is 9.16. The number of ether oxygens (including phenoxy) is 3. The Morgan fingerprint density at radius 1 is 0.833 bits per heavy atom. The molecule has 0 N–H and O–H groups in total. The van der Waals surface area contributed by atoms with Gasteiger partial charge in [-0.25, -0.2) is 9.59 Å². The van der Waals surface area contributed by atoms with Crippen LogP contribution < -0.4 is 4.74 Å². The van der Waals surface area contributed by atoms with Crippen LogP contribution in [-0.2, 0) is 35.3 Å². The molecule has 1 amide bonds. The molecule has 0 bridgehead atoms. The van der Waals surface area contributed by atoms with E-state index in [2.05, 4.69) is 21.1 Å². The second-order valence-corrected chi connectivity index (χ2v) is 9.50. The van der Waals surface area contributed by atoms with Crippen LogP contribution in [0.2, 0.25) is 0 Å². The molecule has 0 radical (unpaired) electrons. The second kappa shape index (κ2) is 15.4. The summed E-state index contributed by atoms with van der Waals surface area (Å²) in [7, 11) is 0. The molecule has 1 heterocycles. The molecule has 1 aliphatic heterocycles. The lowest BCUT2D eigenvalue weighted by Gasteiger charge is -2.38. The van der Waals surface area contributed by atoms with Crippen LogP contribution in [0.15, 0.2) is 54.6 Å². The van der Waals surface area contributed by atoms with Crippen molar-refractivity contribution in [1.29, 1.82) is 0 Å². The molecule has 8 nitrogen and oxygen atoms in total. The van der Waals surface area contributed by atoms with E-state index < -0.39 is 54.7 Å². The molecule has 15 heteroatoms. The van der Waals surface area contributed by atoms with Gasteiger partial charge < -0.3 is 19.1 Å². The van der Waals surface area contributed by atoms with Crippen LogP contribution in [0.5, 0.6) is 5.75 Å². The summed E-state index contributed by atoms with van der Waals surface area (Å²) in [5.41, 5.74) is 1.82. The molecule has 0 spiro atoms. The number of carbonyl (C=O) groups is 4. The van der Waals surface area contributed by atoms with Crippen LogP contribution in [0.3, 0.4) is 0 Å². The minimum absolute atomic E-state index is 0.129. The number of hydrogen-bond acceptors (Lipinski definition) is 7. The van der Waals surface area contributed by atoms with Crippen LogP contribution in [0.4, 0.5) is 26.3 Å². The Morgan fingerprint density at radius 2 is 1.38 bits per heavy atom. The number of rotatable bonds is 7. The highest BCUT2D eigenvalue weighted by Crippen LogP contribution is 2.34. The van der Waals surface area contributed by atoms with E-state index in [1.54, 1.807) is 12.1 Å². The molecule has 2 atom stereocenters. The van der Waals surface area contributed by atoms with Crippen molar-refractivity contribution in [3.8, 4) is 5.75 Å². The molecular formula is C27H26ClF6NO7. The number of nitrogens with zero attached hydrogens (tertiary/aromatic N) is 1. The predicted molar refractivity (Wildman–Crippen MR) is 135 cm³/mol. The number of benzene rings is 2. The number of carbonyl (C=O) groups excluding carboxylic acids is 4. The van der Waals surface area contributed by atoms with E-state index >= 15 is 0 Å². The van der Waals surface area contributed by atoms with Crippen LogP contribution >= 0.6 is 11.6 Å². The highest BCUT2D eigenvalue weighted by molar-refractivity contribution is 6.80. The molecule has 1 saturated heterocycles. The number of piperidine rings is 1. The van der Waals surface area contributed by atoms with Crippen molar-refractivity contribution in [2.75, 3.05) is 19.8 Å². The lowest BCUT2D eigenvalue weighted by atomic mass is 9.90. The average molecular weight is 626 g/mol. The van der Waals surface area contributed by atoms with E-state index in [4.69, 9.17) is 4.74 Å². The van der Waals surface area contributed by atoms with Gasteiger partial charge in [-0.05, 0) is 53.6 Å². The number of hydrogen-bond donors (Lipinski definition) is 0. The Hall–Kier alpha value is -3.81. The van der Waals surface area contributed by atoms with Crippen LogP contribution in [0.1, 0.15) is 36.9 Å². The zero-order valence-electron chi connectivity index (χ0n) is 22.0. The highest BCUT2D eigenvalue weighted by Gasteiger charge is 2.37. The minimum atomic E-state index is -4.68. The summed E-state index contributed by atoms with van der Waals surface area (Å²) in [5.74, 6) is -3.46.